The quantitative estimate of drug-likeness (QED) is 0.864. The monoisotopic (exact) mass is 347 g/mol. The van der Waals surface area contributed by atoms with Crippen molar-refractivity contribution in [2.75, 3.05) is 13.1 Å². The highest BCUT2D eigenvalue weighted by Crippen LogP contribution is 2.17. The fourth-order valence-corrected chi connectivity index (χ4v) is 2.46. The van der Waals surface area contributed by atoms with E-state index in [0.29, 0.717) is 12.1 Å². The third-order valence-corrected chi connectivity index (χ3v) is 3.70. The summed E-state index contributed by atoms with van der Waals surface area (Å²) in [6, 6.07) is 8.17. The molecule has 0 aliphatic heterocycles. The van der Waals surface area contributed by atoms with E-state index in [1.165, 1.54) is 48.3 Å². The largest absolute Gasteiger partial charge is 0.387 e. The van der Waals surface area contributed by atoms with Crippen LogP contribution in [0.4, 0.5) is 4.39 Å². The van der Waals surface area contributed by atoms with E-state index in [0.717, 1.165) is 4.68 Å². The van der Waals surface area contributed by atoms with Gasteiger partial charge in [-0.3, -0.25) is 9.59 Å². The van der Waals surface area contributed by atoms with Gasteiger partial charge in [0.05, 0.1) is 12.6 Å². The number of aromatic nitrogens is 2. The smallest absolute Gasteiger partial charge is 0.274 e. The standard InChI is InChI=1S/C18H22FN3O3/c1-12(2)10-22(11-16(23)13-4-6-14(19)7-5-13)18(25)15-8-9-17(24)21(3)20-15/h4-9,12,16,23H,10-11H2,1-3H3. The van der Waals surface area contributed by atoms with Gasteiger partial charge in [0.2, 0.25) is 0 Å². The van der Waals surface area contributed by atoms with Crippen LogP contribution in [0.15, 0.2) is 41.2 Å². The molecule has 2 rings (SSSR count). The van der Waals surface area contributed by atoms with Crippen molar-refractivity contribution in [3.63, 3.8) is 0 Å². The molecule has 0 fully saturated rings. The van der Waals surface area contributed by atoms with Crippen LogP contribution >= 0.6 is 0 Å². The summed E-state index contributed by atoms with van der Waals surface area (Å²) in [4.78, 5) is 25.7. The number of nitrogens with zero attached hydrogens (tertiary/aromatic N) is 3. The summed E-state index contributed by atoms with van der Waals surface area (Å²) in [5.41, 5.74) is 0.351. The van der Waals surface area contributed by atoms with Crippen molar-refractivity contribution in [1.82, 2.24) is 14.7 Å². The molecule has 6 nitrogen and oxygen atoms in total. The molecule has 1 amide bonds. The van der Waals surface area contributed by atoms with Crippen LogP contribution in [0, 0.1) is 11.7 Å². The third-order valence-electron chi connectivity index (χ3n) is 3.70. The van der Waals surface area contributed by atoms with Crippen molar-refractivity contribution in [2.45, 2.75) is 20.0 Å². The molecule has 25 heavy (non-hydrogen) atoms. The average Bonchev–Trinajstić information content (AvgIpc) is 2.56. The fraction of sp³-hybridized carbons (Fsp3) is 0.389. The third kappa shape index (κ3) is 4.96. The minimum Gasteiger partial charge on any atom is -0.387 e. The molecule has 7 heteroatoms. The average molecular weight is 347 g/mol. The number of benzene rings is 1. The number of aliphatic hydroxyl groups is 1. The van der Waals surface area contributed by atoms with Crippen molar-refractivity contribution < 1.29 is 14.3 Å². The Morgan fingerprint density at radius 3 is 2.40 bits per heavy atom. The number of amides is 1. The second-order valence-electron chi connectivity index (χ2n) is 6.35. The van der Waals surface area contributed by atoms with Crippen molar-refractivity contribution in [3.05, 3.63) is 63.8 Å². The van der Waals surface area contributed by atoms with Crippen molar-refractivity contribution in [3.8, 4) is 0 Å². The van der Waals surface area contributed by atoms with Crippen LogP contribution in [0.25, 0.3) is 0 Å². The lowest BCUT2D eigenvalue weighted by atomic mass is 10.1. The van der Waals surface area contributed by atoms with Gasteiger partial charge in [-0.25, -0.2) is 9.07 Å². The number of hydrogen-bond donors (Lipinski definition) is 1. The molecule has 0 radical (unpaired) electrons. The van der Waals surface area contributed by atoms with Gasteiger partial charge in [-0.1, -0.05) is 26.0 Å². The zero-order valence-corrected chi connectivity index (χ0v) is 14.5. The van der Waals surface area contributed by atoms with Gasteiger partial charge >= 0.3 is 0 Å². The van der Waals surface area contributed by atoms with E-state index >= 15 is 0 Å². The summed E-state index contributed by atoms with van der Waals surface area (Å²) in [7, 11) is 1.47. The molecule has 0 aliphatic carbocycles. The Hall–Kier alpha value is -2.54. The van der Waals surface area contributed by atoms with Gasteiger partial charge in [0.15, 0.2) is 0 Å². The lowest BCUT2D eigenvalue weighted by Crippen LogP contribution is -2.38. The van der Waals surface area contributed by atoms with Crippen molar-refractivity contribution in [2.24, 2.45) is 13.0 Å². The summed E-state index contributed by atoms with van der Waals surface area (Å²) in [5.74, 6) is -0.581. The molecular weight excluding hydrogens is 325 g/mol. The van der Waals surface area contributed by atoms with E-state index in [1.54, 1.807) is 0 Å². The first kappa shape index (κ1) is 18.8. The minimum absolute atomic E-state index is 0.0488. The summed E-state index contributed by atoms with van der Waals surface area (Å²) in [5, 5.41) is 14.4. The Labute approximate surface area is 145 Å². The van der Waals surface area contributed by atoms with Crippen LogP contribution in [0.3, 0.4) is 0 Å². The first-order valence-corrected chi connectivity index (χ1v) is 8.05. The van der Waals surface area contributed by atoms with E-state index in [1.807, 2.05) is 13.8 Å². The Morgan fingerprint density at radius 2 is 1.84 bits per heavy atom. The molecule has 2 aromatic rings. The first-order valence-electron chi connectivity index (χ1n) is 8.05. The second kappa shape index (κ2) is 8.02. The Kier molecular flexibility index (Phi) is 6.03. The number of hydrogen-bond acceptors (Lipinski definition) is 4. The van der Waals surface area contributed by atoms with Crippen LogP contribution in [0.2, 0.25) is 0 Å². The molecule has 0 saturated heterocycles. The van der Waals surface area contributed by atoms with E-state index < -0.39 is 6.10 Å². The van der Waals surface area contributed by atoms with Gasteiger partial charge in [-0.2, -0.15) is 5.10 Å². The topological polar surface area (TPSA) is 75.4 Å². The molecule has 1 atom stereocenters. The van der Waals surface area contributed by atoms with Gasteiger partial charge < -0.3 is 10.0 Å². The Balaban J connectivity index is 2.22. The molecule has 0 bridgehead atoms. The zero-order valence-electron chi connectivity index (χ0n) is 14.5. The maximum absolute atomic E-state index is 13.0. The highest BCUT2D eigenvalue weighted by molar-refractivity contribution is 5.92. The van der Waals surface area contributed by atoms with Crippen molar-refractivity contribution in [1.29, 1.82) is 0 Å². The number of carbonyl (C=O) groups excluding carboxylic acids is 1. The zero-order chi connectivity index (χ0) is 18.6. The molecule has 1 heterocycles. The SMILES string of the molecule is CC(C)CN(CC(O)c1ccc(F)cc1)C(=O)c1ccc(=O)n(C)n1. The maximum Gasteiger partial charge on any atom is 0.274 e. The second-order valence-corrected chi connectivity index (χ2v) is 6.35. The molecule has 0 aliphatic rings. The van der Waals surface area contributed by atoms with Crippen LogP contribution in [-0.2, 0) is 7.05 Å². The van der Waals surface area contributed by atoms with Gasteiger partial charge in [0.1, 0.15) is 11.5 Å². The van der Waals surface area contributed by atoms with Crippen LogP contribution in [0.5, 0.6) is 0 Å². The molecule has 1 aromatic carbocycles. The number of carbonyl (C=O) groups is 1. The van der Waals surface area contributed by atoms with Crippen LogP contribution in [-0.4, -0.2) is 38.8 Å². The van der Waals surface area contributed by atoms with E-state index in [4.69, 9.17) is 0 Å². The number of halogens is 1. The van der Waals surface area contributed by atoms with Gasteiger partial charge in [0, 0.05) is 19.7 Å². The highest BCUT2D eigenvalue weighted by atomic mass is 19.1. The lowest BCUT2D eigenvalue weighted by Gasteiger charge is -2.27. The molecule has 0 spiro atoms. The van der Waals surface area contributed by atoms with Crippen LogP contribution < -0.4 is 5.56 Å². The van der Waals surface area contributed by atoms with Gasteiger partial charge in [-0.05, 0) is 29.7 Å². The van der Waals surface area contributed by atoms with Gasteiger partial charge in [0.25, 0.3) is 11.5 Å². The van der Waals surface area contributed by atoms with Crippen molar-refractivity contribution >= 4 is 5.91 Å². The number of aryl methyl sites for hydroxylation is 1. The maximum atomic E-state index is 13.0. The Bertz CT molecular complexity index is 787. The summed E-state index contributed by atoms with van der Waals surface area (Å²) >= 11 is 0. The molecular formula is C18H22FN3O3. The Morgan fingerprint density at radius 1 is 1.20 bits per heavy atom. The predicted octanol–water partition coefficient (Wildman–Crippen LogP) is 1.75. The molecule has 134 valence electrons. The molecule has 1 aromatic heterocycles. The number of rotatable bonds is 6. The van der Waals surface area contributed by atoms with E-state index in [9.17, 15) is 19.1 Å². The van der Waals surface area contributed by atoms with Crippen LogP contribution in [0.1, 0.15) is 36.0 Å². The van der Waals surface area contributed by atoms with E-state index in [-0.39, 0.29) is 35.4 Å². The van der Waals surface area contributed by atoms with E-state index in [2.05, 4.69) is 5.10 Å². The molecule has 1 unspecified atom stereocenters. The predicted molar refractivity (Wildman–Crippen MR) is 91.6 cm³/mol. The molecule has 1 N–H and O–H groups in total. The number of aliphatic hydroxyl groups excluding tert-OH is 1. The normalized spacial score (nSPS) is 12.2. The highest BCUT2D eigenvalue weighted by Gasteiger charge is 2.22. The first-order chi connectivity index (χ1) is 11.8. The minimum atomic E-state index is -0.948. The summed E-state index contributed by atoms with van der Waals surface area (Å²) in [6.45, 7) is 4.38. The lowest BCUT2D eigenvalue weighted by molar-refractivity contribution is 0.0586. The fourth-order valence-electron chi connectivity index (χ4n) is 2.46. The summed E-state index contributed by atoms with van der Waals surface area (Å²) < 4.78 is 14.1. The molecule has 0 saturated carbocycles. The summed E-state index contributed by atoms with van der Waals surface area (Å²) in [6.07, 6.45) is -0.948. The van der Waals surface area contributed by atoms with Gasteiger partial charge in [-0.15, -0.1) is 0 Å².